The van der Waals surface area contributed by atoms with Crippen LogP contribution >= 0.6 is 39.1 Å². The van der Waals surface area contributed by atoms with E-state index in [1.165, 1.54) is 24.3 Å². The van der Waals surface area contributed by atoms with E-state index in [2.05, 4.69) is 21.2 Å². The summed E-state index contributed by atoms with van der Waals surface area (Å²) in [4.78, 5) is 51.6. The van der Waals surface area contributed by atoms with E-state index in [9.17, 15) is 19.2 Å². The Balaban J connectivity index is 1.37. The molecule has 4 atom stereocenters. The highest BCUT2D eigenvalue weighted by Crippen LogP contribution is 2.43. The molecule has 7 nitrogen and oxygen atoms in total. The Morgan fingerprint density at radius 2 is 1.63 bits per heavy atom. The average molecular weight is 582 g/mol. The predicted molar refractivity (Wildman–Crippen MR) is 137 cm³/mol. The van der Waals surface area contributed by atoms with Gasteiger partial charge in [0.25, 0.3) is 5.91 Å². The highest BCUT2D eigenvalue weighted by molar-refractivity contribution is 9.10. The summed E-state index contributed by atoms with van der Waals surface area (Å²) >= 11 is 15.8. The van der Waals surface area contributed by atoms with Gasteiger partial charge in [0, 0.05) is 10.2 Å². The molecule has 0 unspecified atom stereocenters. The Morgan fingerprint density at radius 1 is 1.03 bits per heavy atom. The van der Waals surface area contributed by atoms with Gasteiger partial charge in [0.15, 0.2) is 6.61 Å². The molecule has 1 aliphatic heterocycles. The number of aryl methyl sites for hydroxylation is 1. The lowest BCUT2D eigenvalue weighted by Crippen LogP contribution is -2.34. The van der Waals surface area contributed by atoms with Crippen LogP contribution in [-0.4, -0.2) is 41.1 Å². The van der Waals surface area contributed by atoms with Crippen LogP contribution in [0.3, 0.4) is 0 Å². The maximum absolute atomic E-state index is 12.9. The van der Waals surface area contributed by atoms with Gasteiger partial charge in [0.05, 0.1) is 33.8 Å². The second-order valence-electron chi connectivity index (χ2n) is 8.55. The zero-order chi connectivity index (χ0) is 25.3. The number of carbonyl (C=O) groups excluding carboxylic acids is 4. The van der Waals surface area contributed by atoms with Gasteiger partial charge in [-0.15, -0.1) is 23.2 Å². The van der Waals surface area contributed by atoms with E-state index < -0.39 is 30.3 Å². The van der Waals surface area contributed by atoms with Crippen LogP contribution in [0.4, 0.5) is 11.4 Å². The number of rotatable bonds is 6. The Hall–Kier alpha value is -2.42. The van der Waals surface area contributed by atoms with Crippen LogP contribution in [0.2, 0.25) is 0 Å². The van der Waals surface area contributed by atoms with Gasteiger partial charge in [0.2, 0.25) is 11.8 Å². The molecule has 1 saturated heterocycles. The quantitative estimate of drug-likeness (QED) is 0.297. The van der Waals surface area contributed by atoms with Crippen LogP contribution in [0.5, 0.6) is 0 Å². The van der Waals surface area contributed by atoms with Crippen molar-refractivity contribution in [1.82, 2.24) is 0 Å². The Morgan fingerprint density at radius 3 is 2.20 bits per heavy atom. The molecule has 0 aromatic heterocycles. The first-order valence-corrected chi connectivity index (χ1v) is 12.9. The topological polar surface area (TPSA) is 92.8 Å². The standard InChI is InChI=1S/C25H23BrCl2N2O5/c1-2-13-9-15(26)5-8-21(13)29-22(31)12-35-25(34)14-3-6-16(7-4-14)30-23(32)17-10-19(27)20(28)11-18(17)24(30)33/h3-9,17-20H,2,10-12H2,1H3,(H,29,31)/t17-,18+,19+,20-. The number of hydrogen-bond donors (Lipinski definition) is 1. The van der Waals surface area contributed by atoms with Crippen molar-refractivity contribution in [3.05, 3.63) is 58.1 Å². The third-order valence-electron chi connectivity index (χ3n) is 6.33. The van der Waals surface area contributed by atoms with Crippen molar-refractivity contribution in [2.45, 2.75) is 36.9 Å². The summed E-state index contributed by atoms with van der Waals surface area (Å²) in [6.45, 7) is 1.52. The maximum atomic E-state index is 12.9. The van der Waals surface area contributed by atoms with Gasteiger partial charge in [0.1, 0.15) is 0 Å². The van der Waals surface area contributed by atoms with E-state index in [0.717, 1.165) is 21.4 Å². The average Bonchev–Trinajstić information content (AvgIpc) is 3.08. The molecule has 184 valence electrons. The van der Waals surface area contributed by atoms with Gasteiger partial charge in [-0.25, -0.2) is 4.79 Å². The Bertz CT molecular complexity index is 1140. The summed E-state index contributed by atoms with van der Waals surface area (Å²) in [5, 5.41) is 2.02. The van der Waals surface area contributed by atoms with Crippen LogP contribution in [0.25, 0.3) is 0 Å². The number of carbonyl (C=O) groups is 4. The van der Waals surface area contributed by atoms with E-state index in [0.29, 0.717) is 24.2 Å². The Kier molecular flexibility index (Phi) is 7.83. The SMILES string of the molecule is CCc1cc(Br)ccc1NC(=O)COC(=O)c1ccc(N2C(=O)[C@H]3C[C@@H](Cl)[C@@H](Cl)C[C@H]3C2=O)cc1. The van der Waals surface area contributed by atoms with Gasteiger partial charge in [-0.3, -0.25) is 19.3 Å². The Labute approximate surface area is 221 Å². The van der Waals surface area contributed by atoms with Crippen LogP contribution in [0.15, 0.2) is 46.9 Å². The lowest BCUT2D eigenvalue weighted by Gasteiger charge is -2.28. The van der Waals surface area contributed by atoms with Crippen molar-refractivity contribution < 1.29 is 23.9 Å². The van der Waals surface area contributed by atoms with Crippen LogP contribution < -0.4 is 10.2 Å². The molecule has 1 saturated carbocycles. The van der Waals surface area contributed by atoms with Gasteiger partial charge in [-0.05, 0) is 67.3 Å². The summed E-state index contributed by atoms with van der Waals surface area (Å²) in [7, 11) is 0. The smallest absolute Gasteiger partial charge is 0.338 e. The first-order valence-electron chi connectivity index (χ1n) is 11.2. The molecule has 0 radical (unpaired) electrons. The third kappa shape index (κ3) is 5.39. The molecule has 0 spiro atoms. The van der Waals surface area contributed by atoms with Crippen molar-refractivity contribution in [1.29, 1.82) is 0 Å². The molecule has 1 N–H and O–H groups in total. The fraction of sp³-hybridized carbons (Fsp3) is 0.360. The summed E-state index contributed by atoms with van der Waals surface area (Å²) in [6, 6.07) is 11.4. The molecule has 0 bridgehead atoms. The van der Waals surface area contributed by atoms with Crippen LogP contribution in [0, 0.1) is 11.8 Å². The largest absolute Gasteiger partial charge is 0.452 e. The van der Waals surface area contributed by atoms with Gasteiger partial charge < -0.3 is 10.1 Å². The number of amides is 3. The van der Waals surface area contributed by atoms with E-state index >= 15 is 0 Å². The predicted octanol–water partition coefficient (Wildman–Crippen LogP) is 4.92. The summed E-state index contributed by atoms with van der Waals surface area (Å²) in [6.07, 6.45) is 1.44. The van der Waals surface area contributed by atoms with Crippen LogP contribution in [0.1, 0.15) is 35.7 Å². The summed E-state index contributed by atoms with van der Waals surface area (Å²) < 4.78 is 6.04. The van der Waals surface area contributed by atoms with Gasteiger partial charge in [-0.1, -0.05) is 22.9 Å². The second-order valence-corrected chi connectivity index (χ2v) is 10.6. The van der Waals surface area contributed by atoms with Crippen molar-refractivity contribution in [3.8, 4) is 0 Å². The molecule has 10 heteroatoms. The monoisotopic (exact) mass is 580 g/mol. The van der Waals surface area contributed by atoms with Gasteiger partial charge in [-0.2, -0.15) is 0 Å². The second kappa shape index (κ2) is 10.7. The van der Waals surface area contributed by atoms with Crippen LogP contribution in [-0.2, 0) is 25.5 Å². The molecule has 1 heterocycles. The molecular weight excluding hydrogens is 559 g/mol. The van der Waals surface area contributed by atoms with E-state index in [4.69, 9.17) is 27.9 Å². The molecule has 2 aromatic carbocycles. The molecule has 35 heavy (non-hydrogen) atoms. The number of hydrogen-bond acceptors (Lipinski definition) is 5. The number of alkyl halides is 2. The number of ether oxygens (including phenoxy) is 1. The molecule has 4 rings (SSSR count). The fourth-order valence-corrected chi connectivity index (χ4v) is 5.47. The molecule has 1 aliphatic carbocycles. The van der Waals surface area contributed by atoms with E-state index in [1.54, 1.807) is 6.07 Å². The zero-order valence-electron chi connectivity index (χ0n) is 18.8. The molecule has 2 fully saturated rings. The third-order valence-corrected chi connectivity index (χ3v) is 7.92. The maximum Gasteiger partial charge on any atom is 0.338 e. The van der Waals surface area contributed by atoms with Gasteiger partial charge >= 0.3 is 5.97 Å². The summed E-state index contributed by atoms with van der Waals surface area (Å²) in [5.41, 5.74) is 2.16. The minimum Gasteiger partial charge on any atom is -0.452 e. The van der Waals surface area contributed by atoms with Crippen molar-refractivity contribution in [3.63, 3.8) is 0 Å². The number of nitrogens with zero attached hydrogens (tertiary/aromatic N) is 1. The van der Waals surface area contributed by atoms with E-state index in [-0.39, 0.29) is 28.1 Å². The van der Waals surface area contributed by atoms with Crippen molar-refractivity contribution in [2.24, 2.45) is 11.8 Å². The minimum absolute atomic E-state index is 0.192. The number of fused-ring (bicyclic) bond motifs is 1. The number of esters is 1. The number of anilines is 2. The number of halogens is 3. The number of nitrogens with one attached hydrogen (secondary N) is 1. The molecule has 2 aliphatic rings. The fourth-order valence-electron chi connectivity index (χ4n) is 4.47. The van der Waals surface area contributed by atoms with Crippen molar-refractivity contribution >= 4 is 74.2 Å². The first kappa shape index (κ1) is 25.7. The zero-order valence-corrected chi connectivity index (χ0v) is 21.9. The van der Waals surface area contributed by atoms with Crippen molar-refractivity contribution in [2.75, 3.05) is 16.8 Å². The lowest BCUT2D eigenvalue weighted by atomic mass is 9.80. The molecule has 3 amide bonds. The number of benzene rings is 2. The normalized spacial score (nSPS) is 23.7. The highest BCUT2D eigenvalue weighted by atomic mass is 79.9. The lowest BCUT2D eigenvalue weighted by molar-refractivity contribution is -0.122. The molecular formula is C25H23BrCl2N2O5. The minimum atomic E-state index is -0.694. The van der Waals surface area contributed by atoms with E-state index in [1.807, 2.05) is 19.1 Å². The summed E-state index contributed by atoms with van der Waals surface area (Å²) in [5.74, 6) is -2.73. The molecule has 2 aromatic rings. The number of imide groups is 1. The highest BCUT2D eigenvalue weighted by Gasteiger charge is 2.52. The first-order chi connectivity index (χ1) is 16.7.